The van der Waals surface area contributed by atoms with Crippen molar-refractivity contribution < 1.29 is 19.1 Å². The van der Waals surface area contributed by atoms with E-state index in [0.29, 0.717) is 48.3 Å². The van der Waals surface area contributed by atoms with E-state index in [1.807, 2.05) is 4.90 Å². The topological polar surface area (TPSA) is 92.8 Å². The van der Waals surface area contributed by atoms with E-state index in [1.54, 1.807) is 36.5 Å². The van der Waals surface area contributed by atoms with Gasteiger partial charge in [0.15, 0.2) is 0 Å². The summed E-state index contributed by atoms with van der Waals surface area (Å²) in [7, 11) is 0. The standard InChI is InChI=1S/C18H18N4O4/c23-16(11-22-6-8-25-9-7-22)20-12-3-4-15-13(10-12)17(24)21-14-2-1-5-19-18(14)26-15/h1-5,10H,6-9,11H2,(H,20,23)(H,21,24). The number of aromatic nitrogens is 1. The second kappa shape index (κ2) is 7.11. The fraction of sp³-hybridized carbons (Fsp3) is 0.278. The van der Waals surface area contributed by atoms with Crippen LogP contribution in [-0.2, 0) is 9.53 Å². The second-order valence-corrected chi connectivity index (χ2v) is 6.06. The molecule has 3 heterocycles. The van der Waals surface area contributed by atoms with Gasteiger partial charge in [0.1, 0.15) is 11.4 Å². The first-order chi connectivity index (χ1) is 12.7. The summed E-state index contributed by atoms with van der Waals surface area (Å²) in [6.07, 6.45) is 1.59. The third-order valence-electron chi connectivity index (χ3n) is 4.20. The Bertz CT molecular complexity index is 849. The SMILES string of the molecule is O=C(CN1CCOCC1)Nc1ccc2c(c1)C(=O)Nc1cccnc1O2. The second-order valence-electron chi connectivity index (χ2n) is 6.06. The van der Waals surface area contributed by atoms with Crippen molar-refractivity contribution in [2.24, 2.45) is 0 Å². The van der Waals surface area contributed by atoms with Crippen molar-refractivity contribution in [3.05, 3.63) is 42.1 Å². The Morgan fingerprint density at radius 3 is 2.96 bits per heavy atom. The van der Waals surface area contributed by atoms with Gasteiger partial charge in [-0.05, 0) is 30.3 Å². The highest BCUT2D eigenvalue weighted by Crippen LogP contribution is 2.34. The number of fused-ring (bicyclic) bond motifs is 2. The maximum absolute atomic E-state index is 12.5. The van der Waals surface area contributed by atoms with E-state index in [-0.39, 0.29) is 11.8 Å². The average molecular weight is 354 g/mol. The van der Waals surface area contributed by atoms with Crippen LogP contribution in [0.25, 0.3) is 0 Å². The molecule has 2 amide bonds. The summed E-state index contributed by atoms with van der Waals surface area (Å²) in [5, 5.41) is 5.59. The highest BCUT2D eigenvalue weighted by atomic mass is 16.5. The highest BCUT2D eigenvalue weighted by molar-refractivity contribution is 6.08. The Hall–Kier alpha value is -2.97. The van der Waals surface area contributed by atoms with Crippen molar-refractivity contribution in [2.45, 2.75) is 0 Å². The van der Waals surface area contributed by atoms with E-state index in [9.17, 15) is 9.59 Å². The van der Waals surface area contributed by atoms with Crippen LogP contribution in [0.15, 0.2) is 36.5 Å². The smallest absolute Gasteiger partial charge is 0.259 e. The first-order valence-corrected chi connectivity index (χ1v) is 8.37. The van der Waals surface area contributed by atoms with E-state index >= 15 is 0 Å². The van der Waals surface area contributed by atoms with Gasteiger partial charge in [-0.2, -0.15) is 0 Å². The van der Waals surface area contributed by atoms with Crippen molar-refractivity contribution in [3.8, 4) is 11.6 Å². The molecule has 0 radical (unpaired) electrons. The Morgan fingerprint density at radius 2 is 2.12 bits per heavy atom. The van der Waals surface area contributed by atoms with Gasteiger partial charge in [0.25, 0.3) is 5.91 Å². The summed E-state index contributed by atoms with van der Waals surface area (Å²) in [6.45, 7) is 3.03. The van der Waals surface area contributed by atoms with Gasteiger partial charge in [0.2, 0.25) is 11.8 Å². The number of ether oxygens (including phenoxy) is 2. The minimum absolute atomic E-state index is 0.133. The van der Waals surface area contributed by atoms with Gasteiger partial charge < -0.3 is 20.1 Å². The van der Waals surface area contributed by atoms with Crippen LogP contribution in [-0.4, -0.2) is 54.5 Å². The molecule has 0 saturated carbocycles. The minimum Gasteiger partial charge on any atom is -0.436 e. The fourth-order valence-corrected chi connectivity index (χ4v) is 2.90. The lowest BCUT2D eigenvalue weighted by molar-refractivity contribution is -0.118. The number of pyridine rings is 1. The molecular formula is C18H18N4O4. The molecule has 26 heavy (non-hydrogen) atoms. The van der Waals surface area contributed by atoms with Gasteiger partial charge in [-0.15, -0.1) is 0 Å². The third-order valence-corrected chi connectivity index (χ3v) is 4.20. The van der Waals surface area contributed by atoms with Crippen molar-refractivity contribution in [3.63, 3.8) is 0 Å². The Balaban J connectivity index is 1.49. The van der Waals surface area contributed by atoms with E-state index < -0.39 is 0 Å². The molecule has 134 valence electrons. The molecule has 1 aromatic heterocycles. The van der Waals surface area contributed by atoms with E-state index in [1.165, 1.54) is 0 Å². The monoisotopic (exact) mass is 354 g/mol. The molecule has 2 N–H and O–H groups in total. The van der Waals surface area contributed by atoms with Gasteiger partial charge in [-0.1, -0.05) is 0 Å². The summed E-state index contributed by atoms with van der Waals surface area (Å²) in [4.78, 5) is 30.9. The number of rotatable bonds is 3. The van der Waals surface area contributed by atoms with Crippen molar-refractivity contribution in [1.82, 2.24) is 9.88 Å². The predicted molar refractivity (Wildman–Crippen MR) is 94.6 cm³/mol. The van der Waals surface area contributed by atoms with Crippen LogP contribution >= 0.6 is 0 Å². The van der Waals surface area contributed by atoms with Gasteiger partial charge in [-0.25, -0.2) is 4.98 Å². The average Bonchev–Trinajstić information content (AvgIpc) is 2.78. The van der Waals surface area contributed by atoms with E-state index in [2.05, 4.69) is 15.6 Å². The van der Waals surface area contributed by atoms with Crippen LogP contribution in [0.4, 0.5) is 11.4 Å². The van der Waals surface area contributed by atoms with Crippen molar-refractivity contribution >= 4 is 23.2 Å². The Kier molecular flexibility index (Phi) is 4.51. The normalized spacial score (nSPS) is 16.5. The van der Waals surface area contributed by atoms with E-state index in [4.69, 9.17) is 9.47 Å². The molecule has 0 aliphatic carbocycles. The largest absolute Gasteiger partial charge is 0.436 e. The first-order valence-electron chi connectivity index (χ1n) is 8.37. The van der Waals surface area contributed by atoms with Crippen LogP contribution in [0, 0.1) is 0 Å². The molecule has 0 unspecified atom stereocenters. The Labute approximate surface area is 150 Å². The number of amides is 2. The molecule has 8 nitrogen and oxygen atoms in total. The maximum Gasteiger partial charge on any atom is 0.259 e. The number of morpholine rings is 1. The number of anilines is 2. The number of hydrogen-bond acceptors (Lipinski definition) is 6. The van der Waals surface area contributed by atoms with Gasteiger partial charge in [-0.3, -0.25) is 14.5 Å². The summed E-state index contributed by atoms with van der Waals surface area (Å²) >= 11 is 0. The maximum atomic E-state index is 12.5. The zero-order valence-corrected chi connectivity index (χ0v) is 14.0. The number of hydrogen-bond donors (Lipinski definition) is 2. The van der Waals surface area contributed by atoms with E-state index in [0.717, 1.165) is 13.1 Å². The molecule has 4 rings (SSSR count). The molecule has 1 aromatic carbocycles. The number of carbonyl (C=O) groups is 2. The van der Waals surface area contributed by atoms with Gasteiger partial charge >= 0.3 is 0 Å². The minimum atomic E-state index is -0.309. The lowest BCUT2D eigenvalue weighted by Gasteiger charge is -2.25. The molecule has 2 aliphatic heterocycles. The van der Waals surface area contributed by atoms with Crippen LogP contribution in [0.1, 0.15) is 10.4 Å². The first kappa shape index (κ1) is 16.5. The van der Waals surface area contributed by atoms with Crippen LogP contribution in [0.2, 0.25) is 0 Å². The molecule has 2 aromatic rings. The summed E-state index contributed by atoms with van der Waals surface area (Å²) in [5.41, 5.74) is 1.39. The van der Waals surface area contributed by atoms with Crippen molar-refractivity contribution in [1.29, 1.82) is 0 Å². The molecule has 1 fully saturated rings. The zero-order valence-electron chi connectivity index (χ0n) is 14.0. The summed E-state index contributed by atoms with van der Waals surface area (Å²) in [6, 6.07) is 8.40. The number of benzene rings is 1. The highest BCUT2D eigenvalue weighted by Gasteiger charge is 2.22. The molecule has 0 atom stereocenters. The number of nitrogens with one attached hydrogen (secondary N) is 2. The molecule has 0 bridgehead atoms. The molecule has 8 heteroatoms. The molecule has 0 spiro atoms. The Morgan fingerprint density at radius 1 is 1.27 bits per heavy atom. The lowest BCUT2D eigenvalue weighted by atomic mass is 10.1. The third kappa shape index (κ3) is 3.51. The molecular weight excluding hydrogens is 336 g/mol. The fourth-order valence-electron chi connectivity index (χ4n) is 2.90. The van der Waals surface area contributed by atoms with Crippen LogP contribution in [0.5, 0.6) is 11.6 Å². The predicted octanol–water partition coefficient (Wildman–Crippen LogP) is 1.71. The van der Waals surface area contributed by atoms with Crippen molar-refractivity contribution in [2.75, 3.05) is 43.5 Å². The molecule has 2 aliphatic rings. The van der Waals surface area contributed by atoms with Crippen LogP contribution in [0.3, 0.4) is 0 Å². The van der Waals surface area contributed by atoms with Crippen LogP contribution < -0.4 is 15.4 Å². The lowest BCUT2D eigenvalue weighted by Crippen LogP contribution is -2.41. The number of nitrogens with zero attached hydrogens (tertiary/aromatic N) is 2. The zero-order chi connectivity index (χ0) is 17.9. The van der Waals surface area contributed by atoms with Gasteiger partial charge in [0, 0.05) is 25.0 Å². The van der Waals surface area contributed by atoms with Gasteiger partial charge in [0.05, 0.1) is 25.3 Å². The number of carbonyl (C=O) groups excluding carboxylic acids is 2. The summed E-state index contributed by atoms with van der Waals surface area (Å²) < 4.78 is 11.0. The summed E-state index contributed by atoms with van der Waals surface area (Å²) in [5.74, 6) is 0.289. The molecule has 1 saturated heterocycles. The quantitative estimate of drug-likeness (QED) is 0.872.